The van der Waals surface area contributed by atoms with Crippen LogP contribution >= 0.6 is 12.4 Å². The zero-order chi connectivity index (χ0) is 16.5. The number of nitrogens with one attached hydrogen (secondary N) is 2. The zero-order valence-corrected chi connectivity index (χ0v) is 14.3. The molecule has 0 unspecified atom stereocenters. The van der Waals surface area contributed by atoms with E-state index < -0.39 is 5.82 Å². The highest BCUT2D eigenvalue weighted by Gasteiger charge is 2.12. The Hall–Kier alpha value is -1.66. The van der Waals surface area contributed by atoms with Crippen LogP contribution in [0.2, 0.25) is 0 Å². The molecule has 0 radical (unpaired) electrons. The molecule has 1 rings (SSSR count). The molecule has 0 heterocycles. The highest BCUT2D eigenvalue weighted by Crippen LogP contribution is 2.16. The first kappa shape index (κ1) is 21.3. The second kappa shape index (κ2) is 11.0. The summed E-state index contributed by atoms with van der Waals surface area (Å²) in [6, 6.07) is 4.03. The largest absolute Gasteiger partial charge is 0.352 e. The van der Waals surface area contributed by atoms with Gasteiger partial charge in [-0.3, -0.25) is 9.59 Å². The smallest absolute Gasteiger partial charge is 0.251 e. The van der Waals surface area contributed by atoms with E-state index in [1.54, 1.807) is 0 Å². The zero-order valence-electron chi connectivity index (χ0n) is 13.5. The third-order valence-electron chi connectivity index (χ3n) is 3.02. The van der Waals surface area contributed by atoms with Crippen molar-refractivity contribution in [2.24, 2.45) is 11.7 Å². The maximum absolute atomic E-state index is 13.9. The summed E-state index contributed by atoms with van der Waals surface area (Å²) in [6.07, 6.45) is 1.94. The van der Waals surface area contributed by atoms with Crippen LogP contribution in [-0.2, 0) is 4.79 Å². The van der Waals surface area contributed by atoms with Crippen LogP contribution in [0.15, 0.2) is 18.2 Å². The van der Waals surface area contributed by atoms with Gasteiger partial charge in [0.05, 0.1) is 5.69 Å². The van der Waals surface area contributed by atoms with Crippen LogP contribution in [0.4, 0.5) is 10.1 Å². The number of benzene rings is 1. The lowest BCUT2D eigenvalue weighted by Gasteiger charge is -2.10. The molecule has 0 aliphatic rings. The van der Waals surface area contributed by atoms with Gasteiger partial charge in [-0.2, -0.15) is 0 Å². The monoisotopic (exact) mass is 345 g/mol. The van der Waals surface area contributed by atoms with Gasteiger partial charge < -0.3 is 16.4 Å². The average molecular weight is 346 g/mol. The lowest BCUT2D eigenvalue weighted by molar-refractivity contribution is -0.116. The number of rotatable bonds is 8. The first-order chi connectivity index (χ1) is 10.4. The van der Waals surface area contributed by atoms with Crippen LogP contribution in [-0.4, -0.2) is 24.9 Å². The maximum Gasteiger partial charge on any atom is 0.251 e. The SMILES string of the molecule is CC(C)CC(=O)Nc1ccc(C(=O)NCCCCN)cc1F.Cl. The summed E-state index contributed by atoms with van der Waals surface area (Å²) in [5.41, 5.74) is 5.68. The van der Waals surface area contributed by atoms with E-state index in [1.165, 1.54) is 12.1 Å². The van der Waals surface area contributed by atoms with E-state index in [4.69, 9.17) is 5.73 Å². The average Bonchev–Trinajstić information content (AvgIpc) is 2.44. The Morgan fingerprint density at radius 1 is 1.26 bits per heavy atom. The van der Waals surface area contributed by atoms with Crippen LogP contribution in [0.3, 0.4) is 0 Å². The molecule has 0 saturated carbocycles. The van der Waals surface area contributed by atoms with Crippen molar-refractivity contribution in [1.29, 1.82) is 0 Å². The highest BCUT2D eigenvalue weighted by atomic mass is 35.5. The molecule has 0 saturated heterocycles. The number of nitrogens with two attached hydrogens (primary N) is 1. The van der Waals surface area contributed by atoms with Gasteiger partial charge in [0.25, 0.3) is 5.91 Å². The van der Waals surface area contributed by atoms with Gasteiger partial charge >= 0.3 is 0 Å². The minimum absolute atomic E-state index is 0. The predicted octanol–water partition coefficient (Wildman–Crippen LogP) is 2.70. The number of halogens is 2. The van der Waals surface area contributed by atoms with Crippen molar-refractivity contribution in [1.82, 2.24) is 5.32 Å². The Morgan fingerprint density at radius 3 is 2.52 bits per heavy atom. The van der Waals surface area contributed by atoms with Gasteiger partial charge in [-0.05, 0) is 43.5 Å². The topological polar surface area (TPSA) is 84.2 Å². The lowest BCUT2D eigenvalue weighted by atomic mass is 10.1. The molecule has 0 bridgehead atoms. The number of unbranched alkanes of at least 4 members (excludes halogenated alkanes) is 1. The van der Waals surface area contributed by atoms with Crippen molar-refractivity contribution in [3.05, 3.63) is 29.6 Å². The quantitative estimate of drug-likeness (QED) is 0.633. The Morgan fingerprint density at radius 2 is 1.96 bits per heavy atom. The summed E-state index contributed by atoms with van der Waals surface area (Å²) >= 11 is 0. The maximum atomic E-state index is 13.9. The van der Waals surface area contributed by atoms with Crippen LogP contribution in [0.5, 0.6) is 0 Å². The third-order valence-corrected chi connectivity index (χ3v) is 3.02. The predicted molar refractivity (Wildman–Crippen MR) is 92.4 cm³/mol. The standard InChI is InChI=1S/C16H24FN3O2.ClH/c1-11(2)9-15(21)20-14-6-5-12(10-13(14)17)16(22)19-8-4-3-7-18;/h5-6,10-11H,3-4,7-9,18H2,1-2H3,(H,19,22)(H,20,21);1H. The first-order valence-corrected chi connectivity index (χ1v) is 7.51. The highest BCUT2D eigenvalue weighted by molar-refractivity contribution is 5.96. The molecule has 2 amide bonds. The van der Waals surface area contributed by atoms with Crippen molar-refractivity contribution in [3.63, 3.8) is 0 Å². The molecule has 7 heteroatoms. The van der Waals surface area contributed by atoms with E-state index in [0.29, 0.717) is 19.5 Å². The Balaban J connectivity index is 0.00000484. The van der Waals surface area contributed by atoms with Gasteiger partial charge in [-0.25, -0.2) is 4.39 Å². The van der Waals surface area contributed by atoms with Crippen molar-refractivity contribution >= 4 is 29.9 Å². The van der Waals surface area contributed by atoms with Gasteiger partial charge in [0.15, 0.2) is 0 Å². The van der Waals surface area contributed by atoms with Crippen molar-refractivity contribution in [2.45, 2.75) is 33.1 Å². The summed E-state index contributed by atoms with van der Waals surface area (Å²) in [6.45, 7) is 4.90. The molecule has 130 valence electrons. The second-order valence-corrected chi connectivity index (χ2v) is 5.59. The molecule has 4 N–H and O–H groups in total. The van der Waals surface area contributed by atoms with E-state index in [0.717, 1.165) is 18.9 Å². The number of carbonyl (C=O) groups is 2. The Kier molecular flexibility index (Phi) is 10.2. The van der Waals surface area contributed by atoms with E-state index >= 15 is 0 Å². The van der Waals surface area contributed by atoms with E-state index in [9.17, 15) is 14.0 Å². The normalized spacial score (nSPS) is 10.1. The molecule has 0 fully saturated rings. The van der Waals surface area contributed by atoms with Gasteiger partial charge in [-0.1, -0.05) is 13.8 Å². The van der Waals surface area contributed by atoms with Crippen molar-refractivity contribution in [2.75, 3.05) is 18.4 Å². The molecule has 1 aromatic rings. The number of hydrogen-bond acceptors (Lipinski definition) is 3. The molecule has 0 atom stereocenters. The Bertz CT molecular complexity index is 524. The minimum Gasteiger partial charge on any atom is -0.352 e. The van der Waals surface area contributed by atoms with E-state index in [1.807, 2.05) is 13.8 Å². The van der Waals surface area contributed by atoms with Crippen LogP contribution in [0.25, 0.3) is 0 Å². The fourth-order valence-corrected chi connectivity index (χ4v) is 1.90. The van der Waals surface area contributed by atoms with Crippen LogP contribution < -0.4 is 16.4 Å². The first-order valence-electron chi connectivity index (χ1n) is 7.51. The molecule has 0 aromatic heterocycles. The van der Waals surface area contributed by atoms with Gasteiger partial charge in [0.1, 0.15) is 5.82 Å². The van der Waals surface area contributed by atoms with Gasteiger partial charge in [-0.15, -0.1) is 12.4 Å². The minimum atomic E-state index is -0.619. The third kappa shape index (κ3) is 7.95. The molecule has 0 aliphatic carbocycles. The summed E-state index contributed by atoms with van der Waals surface area (Å²) in [4.78, 5) is 23.5. The van der Waals surface area contributed by atoms with Crippen molar-refractivity contribution < 1.29 is 14.0 Å². The van der Waals surface area contributed by atoms with Crippen molar-refractivity contribution in [3.8, 4) is 0 Å². The summed E-state index contributed by atoms with van der Waals surface area (Å²) in [5.74, 6) is -1.00. The van der Waals surface area contributed by atoms with E-state index in [2.05, 4.69) is 10.6 Å². The number of amides is 2. The molecule has 1 aromatic carbocycles. The molecule has 5 nitrogen and oxygen atoms in total. The summed E-state index contributed by atoms with van der Waals surface area (Å²) in [7, 11) is 0. The number of carbonyl (C=O) groups excluding carboxylic acids is 2. The lowest BCUT2D eigenvalue weighted by Crippen LogP contribution is -2.25. The van der Waals surface area contributed by atoms with Gasteiger partial charge in [0, 0.05) is 18.5 Å². The fourth-order valence-electron chi connectivity index (χ4n) is 1.90. The molecule has 0 aliphatic heterocycles. The fraction of sp³-hybridized carbons (Fsp3) is 0.500. The summed E-state index contributed by atoms with van der Waals surface area (Å²) in [5, 5.41) is 5.21. The number of anilines is 1. The van der Waals surface area contributed by atoms with Gasteiger partial charge in [0.2, 0.25) is 5.91 Å². The molecule has 23 heavy (non-hydrogen) atoms. The van der Waals surface area contributed by atoms with E-state index in [-0.39, 0.29) is 41.4 Å². The second-order valence-electron chi connectivity index (χ2n) is 5.59. The molecular weight excluding hydrogens is 321 g/mol. The molecular formula is C16H25ClFN3O2. The van der Waals surface area contributed by atoms with Crippen LogP contribution in [0.1, 0.15) is 43.5 Å². The summed E-state index contributed by atoms with van der Waals surface area (Å²) < 4.78 is 13.9. The van der Waals surface area contributed by atoms with Crippen LogP contribution in [0, 0.1) is 11.7 Å². The Labute approximate surface area is 142 Å². The number of hydrogen-bond donors (Lipinski definition) is 3. The molecule has 0 spiro atoms.